The monoisotopic (exact) mass is 252 g/mol. The zero-order valence-corrected chi connectivity index (χ0v) is 11.7. The van der Waals surface area contributed by atoms with Gasteiger partial charge in [-0.1, -0.05) is 20.8 Å². The first-order valence-corrected chi connectivity index (χ1v) is 6.51. The van der Waals surface area contributed by atoms with E-state index in [0.29, 0.717) is 30.9 Å². The number of nitrogens with two attached hydrogens (primary N) is 1. The zero-order chi connectivity index (χ0) is 13.5. The van der Waals surface area contributed by atoms with Crippen molar-refractivity contribution in [3.05, 3.63) is 11.8 Å². The van der Waals surface area contributed by atoms with Crippen molar-refractivity contribution in [2.45, 2.75) is 40.2 Å². The van der Waals surface area contributed by atoms with Crippen LogP contribution < -0.4 is 15.8 Å². The first kappa shape index (κ1) is 14.7. The topological polar surface area (TPSA) is 73.1 Å². The lowest BCUT2D eigenvalue weighted by molar-refractivity contribution is 0.304. The van der Waals surface area contributed by atoms with Crippen molar-refractivity contribution in [1.82, 2.24) is 9.97 Å². The van der Waals surface area contributed by atoms with E-state index in [9.17, 15) is 0 Å². The summed E-state index contributed by atoms with van der Waals surface area (Å²) >= 11 is 0. The Morgan fingerprint density at radius 2 is 2.11 bits per heavy atom. The van der Waals surface area contributed by atoms with Gasteiger partial charge in [0.05, 0.1) is 6.61 Å². The Kier molecular flexibility index (Phi) is 5.85. The van der Waals surface area contributed by atoms with Crippen LogP contribution in [0.25, 0.3) is 0 Å². The van der Waals surface area contributed by atoms with Gasteiger partial charge in [-0.3, -0.25) is 0 Å². The summed E-state index contributed by atoms with van der Waals surface area (Å²) in [4.78, 5) is 8.70. The molecular weight excluding hydrogens is 228 g/mol. The maximum atomic E-state index is 5.73. The SMILES string of the molecule is CCCOc1cc(C)nc(NC(CN)C(C)C)n1. The number of anilines is 1. The van der Waals surface area contributed by atoms with Gasteiger partial charge in [-0.05, 0) is 19.3 Å². The molecule has 0 radical (unpaired) electrons. The molecule has 0 aromatic carbocycles. The van der Waals surface area contributed by atoms with Crippen LogP contribution in [0.15, 0.2) is 6.07 Å². The van der Waals surface area contributed by atoms with Gasteiger partial charge in [0.1, 0.15) is 0 Å². The molecular formula is C13H24N4O. The van der Waals surface area contributed by atoms with E-state index in [1.807, 2.05) is 13.0 Å². The number of nitrogens with one attached hydrogen (secondary N) is 1. The fourth-order valence-corrected chi connectivity index (χ4v) is 1.55. The summed E-state index contributed by atoms with van der Waals surface area (Å²) in [6.07, 6.45) is 0.962. The summed E-state index contributed by atoms with van der Waals surface area (Å²) in [5.41, 5.74) is 6.62. The van der Waals surface area contributed by atoms with Gasteiger partial charge in [-0.2, -0.15) is 4.98 Å². The highest BCUT2D eigenvalue weighted by Crippen LogP contribution is 2.14. The van der Waals surface area contributed by atoms with Gasteiger partial charge in [0.15, 0.2) is 0 Å². The lowest BCUT2D eigenvalue weighted by Gasteiger charge is -2.20. The number of nitrogens with zero attached hydrogens (tertiary/aromatic N) is 2. The molecule has 1 aromatic rings. The van der Waals surface area contributed by atoms with E-state index in [-0.39, 0.29) is 6.04 Å². The average molecular weight is 252 g/mol. The minimum atomic E-state index is 0.172. The van der Waals surface area contributed by atoms with Crippen LogP contribution in [0.2, 0.25) is 0 Å². The molecule has 18 heavy (non-hydrogen) atoms. The fraction of sp³-hybridized carbons (Fsp3) is 0.692. The minimum Gasteiger partial charge on any atom is -0.478 e. The summed E-state index contributed by atoms with van der Waals surface area (Å²) in [5, 5.41) is 3.26. The Morgan fingerprint density at radius 1 is 1.39 bits per heavy atom. The van der Waals surface area contributed by atoms with Gasteiger partial charge in [0, 0.05) is 24.3 Å². The van der Waals surface area contributed by atoms with Crippen LogP contribution in [-0.2, 0) is 0 Å². The normalized spacial score (nSPS) is 12.6. The van der Waals surface area contributed by atoms with E-state index in [1.54, 1.807) is 0 Å². The molecule has 1 aromatic heterocycles. The highest BCUT2D eigenvalue weighted by Gasteiger charge is 2.13. The lowest BCUT2D eigenvalue weighted by atomic mass is 10.1. The van der Waals surface area contributed by atoms with Crippen molar-refractivity contribution in [3.63, 3.8) is 0 Å². The minimum absolute atomic E-state index is 0.172. The lowest BCUT2D eigenvalue weighted by Crippen LogP contribution is -2.34. The quantitative estimate of drug-likeness (QED) is 0.776. The molecule has 0 spiro atoms. The molecule has 5 heteroatoms. The Labute approximate surface area is 109 Å². The Bertz CT molecular complexity index is 368. The highest BCUT2D eigenvalue weighted by molar-refractivity contribution is 5.32. The number of aromatic nitrogens is 2. The van der Waals surface area contributed by atoms with E-state index in [4.69, 9.17) is 10.5 Å². The van der Waals surface area contributed by atoms with E-state index in [1.165, 1.54) is 0 Å². The van der Waals surface area contributed by atoms with Gasteiger partial charge >= 0.3 is 0 Å². The third-order valence-corrected chi connectivity index (χ3v) is 2.66. The van der Waals surface area contributed by atoms with E-state index in [2.05, 4.69) is 36.1 Å². The summed E-state index contributed by atoms with van der Waals surface area (Å²) < 4.78 is 5.53. The molecule has 0 saturated heterocycles. The molecule has 0 aliphatic heterocycles. The average Bonchev–Trinajstić information content (AvgIpc) is 2.32. The maximum Gasteiger partial charge on any atom is 0.226 e. The molecule has 0 aliphatic carbocycles. The number of rotatable bonds is 7. The molecule has 1 atom stereocenters. The largest absolute Gasteiger partial charge is 0.478 e. The summed E-state index contributed by atoms with van der Waals surface area (Å²) in [6, 6.07) is 2.01. The standard InChI is InChI=1S/C13H24N4O/c1-5-6-18-12-7-10(4)15-13(17-12)16-11(8-14)9(2)3/h7,9,11H,5-6,8,14H2,1-4H3,(H,15,16,17). The number of hydrogen-bond donors (Lipinski definition) is 2. The molecule has 0 saturated carbocycles. The third-order valence-electron chi connectivity index (χ3n) is 2.66. The third kappa shape index (κ3) is 4.49. The van der Waals surface area contributed by atoms with Crippen LogP contribution in [0, 0.1) is 12.8 Å². The molecule has 1 rings (SSSR count). The van der Waals surface area contributed by atoms with Gasteiger partial charge in [0.25, 0.3) is 0 Å². The Hall–Kier alpha value is -1.36. The second-order valence-corrected chi connectivity index (χ2v) is 4.75. The van der Waals surface area contributed by atoms with Crippen molar-refractivity contribution >= 4 is 5.95 Å². The molecule has 3 N–H and O–H groups in total. The van der Waals surface area contributed by atoms with Gasteiger partial charge < -0.3 is 15.8 Å². The van der Waals surface area contributed by atoms with Gasteiger partial charge in [-0.25, -0.2) is 4.98 Å². The summed E-state index contributed by atoms with van der Waals surface area (Å²) in [6.45, 7) is 9.46. The Morgan fingerprint density at radius 3 is 2.67 bits per heavy atom. The predicted molar refractivity (Wildman–Crippen MR) is 73.9 cm³/mol. The second-order valence-electron chi connectivity index (χ2n) is 4.75. The van der Waals surface area contributed by atoms with Crippen LogP contribution in [0.5, 0.6) is 5.88 Å². The summed E-state index contributed by atoms with van der Waals surface area (Å²) in [5.74, 6) is 1.63. The maximum absolute atomic E-state index is 5.73. The van der Waals surface area contributed by atoms with Crippen molar-refractivity contribution < 1.29 is 4.74 Å². The first-order chi connectivity index (χ1) is 8.56. The van der Waals surface area contributed by atoms with Crippen molar-refractivity contribution in [1.29, 1.82) is 0 Å². The molecule has 0 aliphatic rings. The van der Waals surface area contributed by atoms with Crippen LogP contribution >= 0.6 is 0 Å². The van der Waals surface area contributed by atoms with Crippen molar-refractivity contribution in [3.8, 4) is 5.88 Å². The van der Waals surface area contributed by atoms with Crippen LogP contribution in [0.3, 0.4) is 0 Å². The summed E-state index contributed by atoms with van der Waals surface area (Å²) in [7, 11) is 0. The predicted octanol–water partition coefficient (Wildman–Crippen LogP) is 1.97. The Balaban J connectivity index is 2.78. The number of hydrogen-bond acceptors (Lipinski definition) is 5. The van der Waals surface area contributed by atoms with Gasteiger partial charge in [0.2, 0.25) is 11.8 Å². The second kappa shape index (κ2) is 7.16. The molecule has 0 bridgehead atoms. The molecule has 1 heterocycles. The molecule has 1 unspecified atom stereocenters. The van der Waals surface area contributed by atoms with Crippen LogP contribution in [0.1, 0.15) is 32.9 Å². The van der Waals surface area contributed by atoms with Crippen molar-refractivity contribution in [2.24, 2.45) is 11.7 Å². The molecule has 0 amide bonds. The first-order valence-electron chi connectivity index (χ1n) is 6.51. The highest BCUT2D eigenvalue weighted by atomic mass is 16.5. The van der Waals surface area contributed by atoms with Crippen molar-refractivity contribution in [2.75, 3.05) is 18.5 Å². The fourth-order valence-electron chi connectivity index (χ4n) is 1.55. The van der Waals surface area contributed by atoms with Gasteiger partial charge in [-0.15, -0.1) is 0 Å². The van der Waals surface area contributed by atoms with Crippen LogP contribution in [-0.4, -0.2) is 29.2 Å². The van der Waals surface area contributed by atoms with Crippen LogP contribution in [0.4, 0.5) is 5.95 Å². The number of ether oxygens (including phenoxy) is 1. The number of aryl methyl sites for hydroxylation is 1. The smallest absolute Gasteiger partial charge is 0.226 e. The zero-order valence-electron chi connectivity index (χ0n) is 11.7. The van der Waals surface area contributed by atoms with E-state index < -0.39 is 0 Å². The van der Waals surface area contributed by atoms with E-state index >= 15 is 0 Å². The molecule has 5 nitrogen and oxygen atoms in total. The molecule has 0 fully saturated rings. The molecule has 102 valence electrons. The van der Waals surface area contributed by atoms with E-state index in [0.717, 1.165) is 12.1 Å².